The van der Waals surface area contributed by atoms with Crippen molar-refractivity contribution in [2.75, 3.05) is 5.32 Å². The smallest absolute Gasteiger partial charge is 0.416 e. The number of hydrogen-bond acceptors (Lipinski definition) is 5. The molecule has 1 amide bonds. The van der Waals surface area contributed by atoms with Crippen LogP contribution >= 0.6 is 0 Å². The standard InChI is InChI=1S/C24H16F3N3O3/c25-24(26,27)16-5-4-8-20(13-16)33-22-15-28-14-21(30-22)23(31)29-17-9-11-19(12-10-17)32-18-6-2-1-3-7-18/h1-15H,(H,29,31). The number of benzene rings is 3. The number of aromatic nitrogens is 2. The van der Waals surface area contributed by atoms with Crippen molar-refractivity contribution in [1.29, 1.82) is 0 Å². The number of halogens is 3. The molecule has 166 valence electrons. The Morgan fingerprint density at radius 1 is 0.788 bits per heavy atom. The van der Waals surface area contributed by atoms with Crippen molar-refractivity contribution in [3.05, 3.63) is 103 Å². The van der Waals surface area contributed by atoms with Gasteiger partial charge in [0.05, 0.1) is 18.0 Å². The van der Waals surface area contributed by atoms with Crippen LogP contribution in [-0.4, -0.2) is 15.9 Å². The number of carbonyl (C=O) groups is 1. The van der Waals surface area contributed by atoms with Crippen molar-refractivity contribution in [1.82, 2.24) is 9.97 Å². The van der Waals surface area contributed by atoms with Crippen LogP contribution in [0, 0.1) is 0 Å². The molecular formula is C24H16F3N3O3. The molecule has 4 aromatic rings. The van der Waals surface area contributed by atoms with Crippen LogP contribution in [0.25, 0.3) is 0 Å². The lowest BCUT2D eigenvalue weighted by Crippen LogP contribution is -2.14. The first-order chi connectivity index (χ1) is 15.9. The van der Waals surface area contributed by atoms with Gasteiger partial charge in [-0.05, 0) is 54.6 Å². The van der Waals surface area contributed by atoms with Gasteiger partial charge in [-0.15, -0.1) is 0 Å². The van der Waals surface area contributed by atoms with E-state index in [1.165, 1.54) is 24.5 Å². The lowest BCUT2D eigenvalue weighted by molar-refractivity contribution is -0.137. The second kappa shape index (κ2) is 9.39. The van der Waals surface area contributed by atoms with Crippen LogP contribution in [0.15, 0.2) is 91.3 Å². The first-order valence-corrected chi connectivity index (χ1v) is 9.68. The number of ether oxygens (including phenoxy) is 2. The maximum atomic E-state index is 12.9. The van der Waals surface area contributed by atoms with Gasteiger partial charge in [-0.3, -0.25) is 9.78 Å². The lowest BCUT2D eigenvalue weighted by atomic mass is 10.2. The third-order valence-corrected chi connectivity index (χ3v) is 4.32. The van der Waals surface area contributed by atoms with Gasteiger partial charge in [0.25, 0.3) is 5.91 Å². The summed E-state index contributed by atoms with van der Waals surface area (Å²) in [4.78, 5) is 20.4. The second-order valence-electron chi connectivity index (χ2n) is 6.76. The average Bonchev–Trinajstić information content (AvgIpc) is 2.81. The molecule has 0 aliphatic rings. The van der Waals surface area contributed by atoms with E-state index in [4.69, 9.17) is 9.47 Å². The van der Waals surface area contributed by atoms with Crippen LogP contribution in [0.4, 0.5) is 18.9 Å². The molecule has 1 aromatic heterocycles. The quantitative estimate of drug-likeness (QED) is 0.371. The summed E-state index contributed by atoms with van der Waals surface area (Å²) in [6.45, 7) is 0. The van der Waals surface area contributed by atoms with Crippen molar-refractivity contribution in [3.63, 3.8) is 0 Å². The van der Waals surface area contributed by atoms with Gasteiger partial charge in [0.2, 0.25) is 5.88 Å². The fourth-order valence-electron chi connectivity index (χ4n) is 2.79. The average molecular weight is 451 g/mol. The van der Waals surface area contributed by atoms with E-state index < -0.39 is 17.6 Å². The van der Waals surface area contributed by atoms with E-state index in [1.54, 1.807) is 24.3 Å². The molecule has 0 unspecified atom stereocenters. The van der Waals surface area contributed by atoms with Gasteiger partial charge in [-0.1, -0.05) is 24.3 Å². The van der Waals surface area contributed by atoms with E-state index in [1.807, 2.05) is 30.3 Å². The molecule has 1 N–H and O–H groups in total. The Morgan fingerprint density at radius 2 is 1.48 bits per heavy atom. The molecular weight excluding hydrogens is 435 g/mol. The van der Waals surface area contributed by atoms with Crippen molar-refractivity contribution >= 4 is 11.6 Å². The number of alkyl halides is 3. The molecule has 33 heavy (non-hydrogen) atoms. The summed E-state index contributed by atoms with van der Waals surface area (Å²) in [5.41, 5.74) is -0.433. The maximum absolute atomic E-state index is 12.9. The van der Waals surface area contributed by atoms with E-state index in [0.29, 0.717) is 17.2 Å². The normalized spacial score (nSPS) is 11.0. The number of hydrogen-bond donors (Lipinski definition) is 1. The van der Waals surface area contributed by atoms with Gasteiger partial charge in [0, 0.05) is 5.69 Å². The van der Waals surface area contributed by atoms with Crippen molar-refractivity contribution < 1.29 is 27.4 Å². The number of rotatable bonds is 6. The van der Waals surface area contributed by atoms with Crippen LogP contribution in [0.1, 0.15) is 16.1 Å². The summed E-state index contributed by atoms with van der Waals surface area (Å²) >= 11 is 0. The number of amides is 1. The zero-order valence-electron chi connectivity index (χ0n) is 16.9. The molecule has 6 nitrogen and oxygen atoms in total. The zero-order chi connectivity index (χ0) is 23.3. The summed E-state index contributed by atoms with van der Waals surface area (Å²) in [6.07, 6.45) is -2.08. The molecule has 0 aliphatic heterocycles. The Balaban J connectivity index is 1.42. The highest BCUT2D eigenvalue weighted by molar-refractivity contribution is 6.02. The summed E-state index contributed by atoms with van der Waals surface area (Å²) in [7, 11) is 0. The highest BCUT2D eigenvalue weighted by Gasteiger charge is 2.30. The minimum absolute atomic E-state index is 0.0657. The van der Waals surface area contributed by atoms with Crippen molar-refractivity contribution in [3.8, 4) is 23.1 Å². The minimum Gasteiger partial charge on any atom is -0.457 e. The Labute approximate surface area is 186 Å². The molecule has 1 heterocycles. The van der Waals surface area contributed by atoms with Crippen LogP contribution in [-0.2, 0) is 6.18 Å². The van der Waals surface area contributed by atoms with Gasteiger partial charge in [-0.25, -0.2) is 4.98 Å². The topological polar surface area (TPSA) is 73.3 Å². The summed E-state index contributed by atoms with van der Waals surface area (Å²) < 4.78 is 49.7. The molecule has 0 aliphatic carbocycles. The number of carbonyl (C=O) groups excluding carboxylic acids is 1. The highest BCUT2D eigenvalue weighted by Crippen LogP contribution is 2.32. The molecule has 0 saturated carbocycles. The molecule has 0 radical (unpaired) electrons. The third kappa shape index (κ3) is 5.85. The van der Waals surface area contributed by atoms with Gasteiger partial charge in [-0.2, -0.15) is 13.2 Å². The van der Waals surface area contributed by atoms with Gasteiger partial charge >= 0.3 is 6.18 Å². The van der Waals surface area contributed by atoms with Crippen LogP contribution in [0.2, 0.25) is 0 Å². The van der Waals surface area contributed by atoms with E-state index in [9.17, 15) is 18.0 Å². The predicted octanol–water partition coefficient (Wildman–Crippen LogP) is 6.33. The van der Waals surface area contributed by atoms with E-state index >= 15 is 0 Å². The molecule has 0 atom stereocenters. The van der Waals surface area contributed by atoms with E-state index in [2.05, 4.69) is 15.3 Å². The summed E-state index contributed by atoms with van der Waals surface area (Å²) in [5, 5.41) is 2.67. The SMILES string of the molecule is O=C(Nc1ccc(Oc2ccccc2)cc1)c1cncc(Oc2cccc(C(F)(F)F)c2)n1. The van der Waals surface area contributed by atoms with E-state index in [0.717, 1.165) is 12.1 Å². The highest BCUT2D eigenvalue weighted by atomic mass is 19.4. The van der Waals surface area contributed by atoms with Crippen LogP contribution < -0.4 is 14.8 Å². The number of para-hydroxylation sites is 1. The van der Waals surface area contributed by atoms with Gasteiger partial charge in [0.15, 0.2) is 5.69 Å². The Hall–Kier alpha value is -4.40. The van der Waals surface area contributed by atoms with Gasteiger partial charge < -0.3 is 14.8 Å². The Kier molecular flexibility index (Phi) is 6.21. The summed E-state index contributed by atoms with van der Waals surface area (Å²) in [5.74, 6) is 0.519. The molecule has 3 aromatic carbocycles. The van der Waals surface area contributed by atoms with Crippen molar-refractivity contribution in [2.45, 2.75) is 6.18 Å². The zero-order valence-corrected chi connectivity index (χ0v) is 16.9. The Morgan fingerprint density at radius 3 is 2.21 bits per heavy atom. The molecule has 9 heteroatoms. The number of nitrogens with zero attached hydrogens (tertiary/aromatic N) is 2. The van der Waals surface area contributed by atoms with Crippen LogP contribution in [0.3, 0.4) is 0 Å². The first-order valence-electron chi connectivity index (χ1n) is 9.68. The largest absolute Gasteiger partial charge is 0.457 e. The fraction of sp³-hybridized carbons (Fsp3) is 0.0417. The third-order valence-electron chi connectivity index (χ3n) is 4.32. The van der Waals surface area contributed by atoms with Crippen LogP contribution in [0.5, 0.6) is 23.1 Å². The molecule has 0 bridgehead atoms. The molecule has 0 saturated heterocycles. The molecule has 0 spiro atoms. The predicted molar refractivity (Wildman–Crippen MR) is 114 cm³/mol. The summed E-state index contributed by atoms with van der Waals surface area (Å²) in [6, 6.07) is 20.3. The number of anilines is 1. The Bertz CT molecular complexity index is 1250. The maximum Gasteiger partial charge on any atom is 0.416 e. The fourth-order valence-corrected chi connectivity index (χ4v) is 2.79. The number of nitrogens with one attached hydrogen (secondary N) is 1. The lowest BCUT2D eigenvalue weighted by Gasteiger charge is -2.10. The van der Waals surface area contributed by atoms with Crippen molar-refractivity contribution in [2.24, 2.45) is 0 Å². The first kappa shape index (κ1) is 21.8. The molecule has 4 rings (SSSR count). The molecule has 0 fully saturated rings. The second-order valence-corrected chi connectivity index (χ2v) is 6.76. The minimum atomic E-state index is -4.51. The monoisotopic (exact) mass is 451 g/mol. The van der Waals surface area contributed by atoms with E-state index in [-0.39, 0.29) is 17.3 Å². The van der Waals surface area contributed by atoms with Gasteiger partial charge in [0.1, 0.15) is 17.2 Å².